The molecular weight excluding hydrogens is 190 g/mol. The number of hydrogen-bond acceptors (Lipinski definition) is 4. The van der Waals surface area contributed by atoms with Gasteiger partial charge in [0.1, 0.15) is 0 Å². The van der Waals surface area contributed by atoms with E-state index in [1.807, 2.05) is 13.0 Å². The van der Waals surface area contributed by atoms with Crippen LogP contribution in [0.25, 0.3) is 0 Å². The third-order valence-electron chi connectivity index (χ3n) is 2.35. The number of nitrogens with zero attached hydrogens (tertiary/aromatic N) is 2. The van der Waals surface area contributed by atoms with Gasteiger partial charge < -0.3 is 10.4 Å². The fraction of sp³-hybridized carbons (Fsp3) is 0.636. The first-order valence-electron chi connectivity index (χ1n) is 5.30. The van der Waals surface area contributed by atoms with Crippen LogP contribution >= 0.6 is 0 Å². The Labute approximate surface area is 90.8 Å². The van der Waals surface area contributed by atoms with E-state index in [4.69, 9.17) is 5.11 Å². The number of aryl methyl sites for hydroxylation is 1. The summed E-state index contributed by atoms with van der Waals surface area (Å²) >= 11 is 0. The molecule has 0 spiro atoms. The molecule has 0 aromatic carbocycles. The lowest BCUT2D eigenvalue weighted by Gasteiger charge is -2.21. The highest BCUT2D eigenvalue weighted by molar-refractivity contribution is 5.26. The molecule has 4 heteroatoms. The number of aromatic nitrogens is 2. The topological polar surface area (TPSA) is 58.0 Å². The van der Waals surface area contributed by atoms with E-state index in [9.17, 15) is 0 Å². The summed E-state index contributed by atoms with van der Waals surface area (Å²) in [7, 11) is 0. The number of anilines is 1. The van der Waals surface area contributed by atoms with E-state index in [0.29, 0.717) is 11.9 Å². The maximum absolute atomic E-state index is 8.94. The number of hydrogen-bond donors (Lipinski definition) is 2. The maximum atomic E-state index is 8.94. The van der Waals surface area contributed by atoms with Gasteiger partial charge in [0.05, 0.1) is 0 Å². The molecule has 84 valence electrons. The lowest BCUT2D eigenvalue weighted by molar-refractivity contribution is 0.267. The molecule has 0 bridgehead atoms. The summed E-state index contributed by atoms with van der Waals surface area (Å²) in [5, 5.41) is 12.2. The summed E-state index contributed by atoms with van der Waals surface area (Å²) in [6.07, 6.45) is 2.45. The number of aliphatic hydroxyl groups excluding tert-OH is 1. The molecule has 1 atom stereocenters. The second kappa shape index (κ2) is 5.66. The molecule has 1 unspecified atom stereocenters. The van der Waals surface area contributed by atoms with Crippen molar-refractivity contribution >= 4 is 5.95 Å². The minimum absolute atomic E-state index is 0.182. The van der Waals surface area contributed by atoms with Crippen molar-refractivity contribution in [3.05, 3.63) is 18.0 Å². The summed E-state index contributed by atoms with van der Waals surface area (Å²) in [6, 6.07) is 2.08. The molecule has 0 saturated carbocycles. The fourth-order valence-corrected chi connectivity index (χ4v) is 1.40. The van der Waals surface area contributed by atoms with Crippen molar-refractivity contribution < 1.29 is 5.11 Å². The molecule has 1 aromatic rings. The standard InChI is InChI=1S/C11H19N3O/c1-8(2)10(5-7-15)14-11-12-6-4-9(3)13-11/h4,6,8,10,15H,5,7H2,1-3H3,(H,12,13,14). The second-order valence-corrected chi connectivity index (χ2v) is 4.03. The van der Waals surface area contributed by atoms with E-state index in [-0.39, 0.29) is 12.6 Å². The molecular formula is C11H19N3O. The summed E-state index contributed by atoms with van der Waals surface area (Å²) in [5.41, 5.74) is 0.944. The third kappa shape index (κ3) is 3.83. The highest BCUT2D eigenvalue weighted by Crippen LogP contribution is 2.11. The largest absolute Gasteiger partial charge is 0.396 e. The van der Waals surface area contributed by atoms with Crippen LogP contribution in [0, 0.1) is 12.8 Å². The predicted molar refractivity (Wildman–Crippen MR) is 60.7 cm³/mol. The minimum atomic E-state index is 0.182. The van der Waals surface area contributed by atoms with Crippen LogP contribution in [0.15, 0.2) is 12.3 Å². The Bertz CT molecular complexity index is 302. The van der Waals surface area contributed by atoms with Crippen molar-refractivity contribution in [3.63, 3.8) is 0 Å². The Morgan fingerprint density at radius 3 is 2.73 bits per heavy atom. The second-order valence-electron chi connectivity index (χ2n) is 4.03. The number of nitrogens with one attached hydrogen (secondary N) is 1. The van der Waals surface area contributed by atoms with Crippen LogP contribution in [0.4, 0.5) is 5.95 Å². The SMILES string of the molecule is Cc1ccnc(NC(CCO)C(C)C)n1. The van der Waals surface area contributed by atoms with Crippen molar-refractivity contribution in [2.45, 2.75) is 33.2 Å². The van der Waals surface area contributed by atoms with Gasteiger partial charge in [-0.05, 0) is 25.3 Å². The van der Waals surface area contributed by atoms with Gasteiger partial charge >= 0.3 is 0 Å². The fourth-order valence-electron chi connectivity index (χ4n) is 1.40. The van der Waals surface area contributed by atoms with Gasteiger partial charge in [-0.2, -0.15) is 0 Å². The van der Waals surface area contributed by atoms with Crippen LogP contribution in [-0.4, -0.2) is 27.7 Å². The van der Waals surface area contributed by atoms with Gasteiger partial charge in [-0.25, -0.2) is 9.97 Å². The first-order chi connectivity index (χ1) is 7.13. The van der Waals surface area contributed by atoms with Gasteiger partial charge in [0.2, 0.25) is 5.95 Å². The highest BCUT2D eigenvalue weighted by atomic mass is 16.3. The van der Waals surface area contributed by atoms with Crippen LogP contribution in [0.1, 0.15) is 26.0 Å². The molecule has 1 aromatic heterocycles. The molecule has 0 aliphatic rings. The molecule has 1 heterocycles. The van der Waals surface area contributed by atoms with Gasteiger partial charge in [-0.3, -0.25) is 0 Å². The van der Waals surface area contributed by atoms with E-state index < -0.39 is 0 Å². The van der Waals surface area contributed by atoms with Crippen LogP contribution in [0.3, 0.4) is 0 Å². The highest BCUT2D eigenvalue weighted by Gasteiger charge is 2.13. The predicted octanol–water partition coefficient (Wildman–Crippen LogP) is 1.60. The van der Waals surface area contributed by atoms with Gasteiger partial charge in [0.25, 0.3) is 0 Å². The lowest BCUT2D eigenvalue weighted by atomic mass is 10.0. The smallest absolute Gasteiger partial charge is 0.223 e. The molecule has 2 N–H and O–H groups in total. The van der Waals surface area contributed by atoms with E-state index in [0.717, 1.165) is 12.1 Å². The van der Waals surface area contributed by atoms with Gasteiger partial charge in [0, 0.05) is 24.5 Å². The number of rotatable bonds is 5. The Hall–Kier alpha value is -1.16. The molecule has 0 aliphatic heterocycles. The van der Waals surface area contributed by atoms with Crippen LogP contribution in [0.5, 0.6) is 0 Å². The minimum Gasteiger partial charge on any atom is -0.396 e. The molecule has 4 nitrogen and oxygen atoms in total. The zero-order valence-electron chi connectivity index (χ0n) is 9.57. The first kappa shape index (κ1) is 11.9. The van der Waals surface area contributed by atoms with E-state index in [1.54, 1.807) is 6.20 Å². The van der Waals surface area contributed by atoms with Crippen molar-refractivity contribution in [1.82, 2.24) is 9.97 Å². The summed E-state index contributed by atoms with van der Waals surface area (Å²) in [6.45, 7) is 6.34. The first-order valence-corrected chi connectivity index (χ1v) is 5.30. The van der Waals surface area contributed by atoms with E-state index in [2.05, 4.69) is 29.1 Å². The molecule has 0 saturated heterocycles. The van der Waals surface area contributed by atoms with Gasteiger partial charge in [-0.1, -0.05) is 13.8 Å². The molecule has 0 radical (unpaired) electrons. The third-order valence-corrected chi connectivity index (χ3v) is 2.35. The zero-order valence-corrected chi connectivity index (χ0v) is 9.57. The van der Waals surface area contributed by atoms with Crippen molar-refractivity contribution in [1.29, 1.82) is 0 Å². The van der Waals surface area contributed by atoms with Crippen molar-refractivity contribution in [2.24, 2.45) is 5.92 Å². The molecule has 0 fully saturated rings. The summed E-state index contributed by atoms with van der Waals surface area (Å²) in [5.74, 6) is 1.09. The monoisotopic (exact) mass is 209 g/mol. The Kier molecular flexibility index (Phi) is 4.49. The molecule has 0 amide bonds. The van der Waals surface area contributed by atoms with E-state index in [1.165, 1.54) is 0 Å². The average molecular weight is 209 g/mol. The number of aliphatic hydroxyl groups is 1. The van der Waals surface area contributed by atoms with Crippen LogP contribution in [0.2, 0.25) is 0 Å². The summed E-state index contributed by atoms with van der Waals surface area (Å²) in [4.78, 5) is 8.41. The lowest BCUT2D eigenvalue weighted by Crippen LogP contribution is -2.27. The van der Waals surface area contributed by atoms with Crippen molar-refractivity contribution in [2.75, 3.05) is 11.9 Å². The molecule has 15 heavy (non-hydrogen) atoms. The van der Waals surface area contributed by atoms with E-state index >= 15 is 0 Å². The van der Waals surface area contributed by atoms with Crippen LogP contribution in [-0.2, 0) is 0 Å². The Morgan fingerprint density at radius 2 is 2.20 bits per heavy atom. The average Bonchev–Trinajstić information content (AvgIpc) is 2.17. The summed E-state index contributed by atoms with van der Waals surface area (Å²) < 4.78 is 0. The van der Waals surface area contributed by atoms with Gasteiger partial charge in [0.15, 0.2) is 0 Å². The van der Waals surface area contributed by atoms with Crippen molar-refractivity contribution in [3.8, 4) is 0 Å². The quantitative estimate of drug-likeness (QED) is 0.773. The Balaban J connectivity index is 2.65. The maximum Gasteiger partial charge on any atom is 0.223 e. The molecule has 0 aliphatic carbocycles. The Morgan fingerprint density at radius 1 is 1.47 bits per heavy atom. The zero-order chi connectivity index (χ0) is 11.3. The van der Waals surface area contributed by atoms with Crippen LogP contribution < -0.4 is 5.32 Å². The normalized spacial score (nSPS) is 12.9. The van der Waals surface area contributed by atoms with Gasteiger partial charge in [-0.15, -0.1) is 0 Å². The molecule has 1 rings (SSSR count).